The molecule has 188 valence electrons. The van der Waals surface area contributed by atoms with E-state index in [1.165, 1.54) is 29.2 Å². The molecule has 3 N–H and O–H groups in total. The Morgan fingerprint density at radius 2 is 1.39 bits per heavy atom. The molecule has 1 unspecified atom stereocenters. The first-order valence-electron chi connectivity index (χ1n) is 10.8. The summed E-state index contributed by atoms with van der Waals surface area (Å²) in [7, 11) is 7.00. The van der Waals surface area contributed by atoms with Gasteiger partial charge in [-0.3, -0.25) is 4.79 Å². The van der Waals surface area contributed by atoms with Gasteiger partial charge in [0, 0.05) is 29.0 Å². The first-order valence-corrected chi connectivity index (χ1v) is 11.2. The average Bonchev–Trinajstić information content (AvgIpc) is 2.78. The fourth-order valence-corrected chi connectivity index (χ4v) is 2.01. The van der Waals surface area contributed by atoms with E-state index in [1.54, 1.807) is 27.1 Å². The second-order valence-electron chi connectivity index (χ2n) is 5.99. The molecule has 1 atom stereocenters. The summed E-state index contributed by atoms with van der Waals surface area (Å²) in [4.78, 5) is 23.0. The van der Waals surface area contributed by atoms with E-state index >= 15 is 0 Å². The summed E-state index contributed by atoms with van der Waals surface area (Å²) in [5.74, 6) is -2.32. The van der Waals surface area contributed by atoms with Gasteiger partial charge < -0.3 is 20.4 Å². The zero-order chi connectivity index (χ0) is 28.1. The Morgan fingerprint density at radius 1 is 1.06 bits per heavy atom. The summed E-state index contributed by atoms with van der Waals surface area (Å²) in [6.45, 7) is 3.14. The number of nitrogens with one attached hydrogen (secondary N) is 1. The van der Waals surface area contributed by atoms with E-state index in [-0.39, 0.29) is 22.6 Å². The van der Waals surface area contributed by atoms with Crippen LogP contribution in [0.3, 0.4) is 0 Å². The molecule has 1 amide bonds. The van der Waals surface area contributed by atoms with Gasteiger partial charge >= 0.3 is 5.97 Å². The van der Waals surface area contributed by atoms with Crippen LogP contribution in [0, 0.1) is 11.6 Å². The summed E-state index contributed by atoms with van der Waals surface area (Å²) in [5, 5.41) is 18.7. The molecule has 0 aliphatic heterocycles. The SMILES string of the molecule is CCO.CN(C)C(=O)c1ccc(Br)c(F)c1.CNC.O=C(O)c1ccc(Br)c(F)c1.[2H]C([3H])CC. The van der Waals surface area contributed by atoms with Crippen LogP contribution in [0.1, 0.15) is 50.6 Å². The number of carboxylic acids is 1. The van der Waals surface area contributed by atoms with Crippen LogP contribution in [0.4, 0.5) is 8.78 Å². The Bertz CT molecular complexity index is 875. The van der Waals surface area contributed by atoms with Crippen molar-refractivity contribution in [2.24, 2.45) is 0 Å². The zero-order valence-corrected chi connectivity index (χ0v) is 22.8. The number of carbonyl (C=O) groups excluding carboxylic acids is 1. The van der Waals surface area contributed by atoms with Gasteiger partial charge in [-0.05, 0) is 89.3 Å². The van der Waals surface area contributed by atoms with Crippen LogP contribution in [0.25, 0.3) is 0 Å². The molecule has 6 nitrogen and oxygen atoms in total. The minimum absolute atomic E-state index is 0.0503. The van der Waals surface area contributed by atoms with E-state index in [0.29, 0.717) is 16.5 Å². The van der Waals surface area contributed by atoms with Gasteiger partial charge in [-0.2, -0.15) is 0 Å². The fraction of sp³-hybridized carbons (Fsp3) is 0.391. The molecule has 0 fully saturated rings. The van der Waals surface area contributed by atoms with Crippen molar-refractivity contribution in [3.63, 3.8) is 0 Å². The summed E-state index contributed by atoms with van der Waals surface area (Å²) in [5.41, 5.74) is 0.302. The normalized spacial score (nSPS) is 10.5. The molecule has 0 spiro atoms. The lowest BCUT2D eigenvalue weighted by Gasteiger charge is -2.09. The Morgan fingerprint density at radius 3 is 1.67 bits per heavy atom. The van der Waals surface area contributed by atoms with Gasteiger partial charge in [0.1, 0.15) is 11.6 Å². The highest BCUT2D eigenvalue weighted by Crippen LogP contribution is 2.17. The highest BCUT2D eigenvalue weighted by Gasteiger charge is 2.09. The largest absolute Gasteiger partial charge is 0.478 e. The van der Waals surface area contributed by atoms with Gasteiger partial charge in [-0.15, -0.1) is 0 Å². The number of aliphatic hydroxyl groups is 1. The Balaban J connectivity index is -0.000000418. The molecule has 0 radical (unpaired) electrons. The Kier molecular flexibility index (Phi) is 20.7. The molecule has 0 aliphatic carbocycles. The number of carboxylic acid groups (broad SMARTS) is 1. The van der Waals surface area contributed by atoms with Crippen LogP contribution in [-0.2, 0) is 0 Å². The van der Waals surface area contributed by atoms with Crippen molar-refractivity contribution in [2.45, 2.75) is 27.1 Å². The number of hydrogen-bond donors (Lipinski definition) is 3. The molecule has 2 aromatic carbocycles. The monoisotopic (exact) mass is 601 g/mol. The van der Waals surface area contributed by atoms with Crippen LogP contribution >= 0.6 is 31.9 Å². The molecule has 0 aromatic heterocycles. The highest BCUT2D eigenvalue weighted by molar-refractivity contribution is 9.10. The molecular formula is C23H34Br2F2N2O4. The van der Waals surface area contributed by atoms with Gasteiger partial charge in [-0.25, -0.2) is 13.6 Å². The topological polar surface area (TPSA) is 89.9 Å². The van der Waals surface area contributed by atoms with E-state index in [2.05, 4.69) is 37.2 Å². The fourth-order valence-electron chi connectivity index (χ4n) is 1.52. The number of rotatable bonds is 2. The van der Waals surface area contributed by atoms with E-state index < -0.39 is 24.5 Å². The van der Waals surface area contributed by atoms with Crippen LogP contribution in [0.15, 0.2) is 45.3 Å². The van der Waals surface area contributed by atoms with Gasteiger partial charge in [0.2, 0.25) is 0 Å². The molecule has 0 aliphatic rings. The van der Waals surface area contributed by atoms with Crippen LogP contribution < -0.4 is 5.32 Å². The summed E-state index contributed by atoms with van der Waals surface area (Å²) >= 11 is 5.93. The minimum atomic E-state index is -1.13. The number of carbonyl (C=O) groups is 2. The van der Waals surface area contributed by atoms with Crippen molar-refractivity contribution in [3.05, 3.63) is 68.1 Å². The number of benzene rings is 2. The zero-order valence-electron chi connectivity index (χ0n) is 21.6. The average molecular weight is 603 g/mol. The van der Waals surface area contributed by atoms with Crippen molar-refractivity contribution in [3.8, 4) is 0 Å². The molecule has 0 heterocycles. The van der Waals surface area contributed by atoms with E-state index in [1.807, 2.05) is 21.0 Å². The third-order valence-electron chi connectivity index (χ3n) is 2.74. The van der Waals surface area contributed by atoms with Gasteiger partial charge in [0.15, 0.2) is 0 Å². The van der Waals surface area contributed by atoms with Gasteiger partial charge in [0.05, 0.1) is 14.5 Å². The predicted octanol–water partition coefficient (Wildman–Crippen LogP) is 5.83. The van der Waals surface area contributed by atoms with Crippen molar-refractivity contribution in [1.29, 1.82) is 0 Å². The van der Waals surface area contributed by atoms with Gasteiger partial charge in [-0.1, -0.05) is 20.2 Å². The maximum atomic E-state index is 13.0. The lowest BCUT2D eigenvalue weighted by Crippen LogP contribution is -2.21. The standard InChI is InChI=1S/C9H9BrFNO.C7H4BrFO2.C3H8.C2H7N.C2H6O/c1-12(2)9(13)6-3-4-7(10)8(11)5-6;8-5-2-1-4(7(10)11)3-6(5)9;2*1-3-2;1-2-3/h3-5H,1-2H3;1-3H,(H,10,11);3H2,1-2H3;3H,1-2H3;3H,2H2,1H3/i;;1TD;;. The number of aliphatic hydroxyl groups excluding tert-OH is 1. The number of nitrogens with zero attached hydrogens (tertiary/aromatic N) is 1. The van der Waals surface area contributed by atoms with Crippen LogP contribution in [0.2, 0.25) is 0 Å². The smallest absolute Gasteiger partial charge is 0.335 e. The lowest BCUT2D eigenvalue weighted by atomic mass is 10.2. The number of hydrogen-bond acceptors (Lipinski definition) is 4. The Hall–Kier alpha value is -1.88. The van der Waals surface area contributed by atoms with Crippen LogP contribution in [-0.4, -0.2) is 61.8 Å². The molecule has 33 heavy (non-hydrogen) atoms. The maximum Gasteiger partial charge on any atom is 0.335 e. The second kappa shape index (κ2) is 21.9. The molecule has 2 rings (SSSR count). The summed E-state index contributed by atoms with van der Waals surface area (Å²) in [6.07, 6.45) is 0.639. The maximum absolute atomic E-state index is 13.0. The lowest BCUT2D eigenvalue weighted by molar-refractivity contribution is 0.0695. The highest BCUT2D eigenvalue weighted by atomic mass is 79.9. The molecular weight excluding hydrogens is 566 g/mol. The first-order chi connectivity index (χ1) is 16.2. The van der Waals surface area contributed by atoms with Crippen molar-refractivity contribution < 1.29 is 31.3 Å². The minimum Gasteiger partial charge on any atom is -0.478 e. The molecule has 0 saturated heterocycles. The van der Waals surface area contributed by atoms with Crippen molar-refractivity contribution in [2.75, 3.05) is 34.8 Å². The number of halogens is 4. The van der Waals surface area contributed by atoms with Crippen molar-refractivity contribution in [1.82, 2.24) is 10.2 Å². The third-order valence-corrected chi connectivity index (χ3v) is 4.03. The van der Waals surface area contributed by atoms with E-state index in [9.17, 15) is 18.4 Å². The van der Waals surface area contributed by atoms with E-state index in [4.69, 9.17) is 13.0 Å². The van der Waals surface area contributed by atoms with E-state index in [0.717, 1.165) is 6.07 Å². The predicted molar refractivity (Wildman–Crippen MR) is 137 cm³/mol. The molecule has 0 bridgehead atoms. The van der Waals surface area contributed by atoms with Crippen LogP contribution in [0.5, 0.6) is 0 Å². The first kappa shape index (κ1) is 31.1. The second-order valence-corrected chi connectivity index (χ2v) is 7.70. The molecule has 10 heteroatoms. The summed E-state index contributed by atoms with van der Waals surface area (Å²) < 4.78 is 39.2. The number of aromatic carboxylic acids is 1. The number of amides is 1. The van der Waals surface area contributed by atoms with Gasteiger partial charge in [0.25, 0.3) is 5.91 Å². The Labute approximate surface area is 215 Å². The summed E-state index contributed by atoms with van der Waals surface area (Å²) in [6, 6.07) is 7.97. The molecule has 0 saturated carbocycles. The molecule has 2 aromatic rings. The quantitative estimate of drug-likeness (QED) is 0.403. The van der Waals surface area contributed by atoms with Crippen molar-refractivity contribution >= 4 is 43.7 Å². The third kappa shape index (κ3) is 18.3.